The predicted octanol–water partition coefficient (Wildman–Crippen LogP) is 3.42. The van der Waals surface area contributed by atoms with Crippen molar-refractivity contribution in [3.8, 4) is 0 Å². The Kier molecular flexibility index (Phi) is 6.40. The standard InChI is InChI=1S/C30H33FN4O5/c1-17(19-5-6-19)35(16-18-3-7-20(31)8-4-18)25(36)15-22-21-11-14-30(27(38)34-28(39)40-30)23(21)9-10-24(22)33-26(37)29(32)12-2-13-29/h3-4,7-10,17,19H,2,5-6,11-16,32H2,1H3,(H,33,37)(H,34,38,39)/t17-,30?/m0/s1. The predicted molar refractivity (Wildman–Crippen MR) is 143 cm³/mol. The van der Waals surface area contributed by atoms with Crippen LogP contribution < -0.4 is 16.4 Å². The number of nitrogens with two attached hydrogens (primary N) is 1. The van der Waals surface area contributed by atoms with Crippen LogP contribution in [0.25, 0.3) is 0 Å². The zero-order valence-electron chi connectivity index (χ0n) is 22.4. The summed E-state index contributed by atoms with van der Waals surface area (Å²) in [6, 6.07) is 9.46. The number of nitrogens with one attached hydrogen (secondary N) is 2. The van der Waals surface area contributed by atoms with Crippen LogP contribution in [0.5, 0.6) is 0 Å². The van der Waals surface area contributed by atoms with Crippen LogP contribution in [0.3, 0.4) is 0 Å². The Hall–Kier alpha value is -3.79. The first-order chi connectivity index (χ1) is 19.1. The lowest BCUT2D eigenvalue weighted by Crippen LogP contribution is -2.56. The van der Waals surface area contributed by atoms with Crippen LogP contribution in [0.15, 0.2) is 36.4 Å². The van der Waals surface area contributed by atoms with Crippen LogP contribution in [0.1, 0.15) is 67.7 Å². The first-order valence-electron chi connectivity index (χ1n) is 13.9. The number of fused-ring (bicyclic) bond motifs is 2. The number of anilines is 1. The van der Waals surface area contributed by atoms with Gasteiger partial charge in [0.2, 0.25) is 17.4 Å². The number of hydrogen-bond donors (Lipinski definition) is 3. The molecule has 6 rings (SSSR count). The summed E-state index contributed by atoms with van der Waals surface area (Å²) in [6.45, 7) is 2.35. The summed E-state index contributed by atoms with van der Waals surface area (Å²) >= 11 is 0. The van der Waals surface area contributed by atoms with Crippen molar-refractivity contribution < 1.29 is 28.3 Å². The molecule has 1 heterocycles. The van der Waals surface area contributed by atoms with Gasteiger partial charge in [-0.3, -0.25) is 19.7 Å². The van der Waals surface area contributed by atoms with E-state index in [0.717, 1.165) is 30.4 Å². The van der Waals surface area contributed by atoms with Gasteiger partial charge in [-0.25, -0.2) is 9.18 Å². The van der Waals surface area contributed by atoms with Gasteiger partial charge >= 0.3 is 6.09 Å². The minimum Gasteiger partial charge on any atom is -0.427 e. The van der Waals surface area contributed by atoms with Crippen molar-refractivity contribution in [1.82, 2.24) is 10.2 Å². The highest BCUT2D eigenvalue weighted by atomic mass is 19.1. The molecule has 4 N–H and O–H groups in total. The van der Waals surface area contributed by atoms with Gasteiger partial charge in [-0.15, -0.1) is 0 Å². The second-order valence-electron chi connectivity index (χ2n) is 11.7. The summed E-state index contributed by atoms with van der Waals surface area (Å²) in [5, 5.41) is 5.19. The molecule has 4 aliphatic rings. The van der Waals surface area contributed by atoms with Crippen molar-refractivity contribution in [2.75, 3.05) is 5.32 Å². The van der Waals surface area contributed by atoms with Crippen molar-refractivity contribution in [2.24, 2.45) is 11.7 Å². The van der Waals surface area contributed by atoms with Crippen molar-refractivity contribution in [3.63, 3.8) is 0 Å². The maximum absolute atomic E-state index is 14.0. The van der Waals surface area contributed by atoms with E-state index in [1.807, 2.05) is 11.8 Å². The smallest absolute Gasteiger partial charge is 0.415 e. The Bertz CT molecular complexity index is 1400. The Morgan fingerprint density at radius 2 is 1.88 bits per heavy atom. The fraction of sp³-hybridized carbons (Fsp3) is 0.467. The van der Waals surface area contributed by atoms with Crippen molar-refractivity contribution in [1.29, 1.82) is 0 Å². The molecule has 2 aromatic carbocycles. The third-order valence-electron chi connectivity index (χ3n) is 9.10. The lowest BCUT2D eigenvalue weighted by Gasteiger charge is -2.36. The molecule has 0 bridgehead atoms. The number of nitrogens with zero attached hydrogens (tertiary/aromatic N) is 1. The molecule has 0 aromatic heterocycles. The molecule has 3 fully saturated rings. The Labute approximate surface area is 231 Å². The molecule has 0 radical (unpaired) electrons. The molecule has 2 saturated carbocycles. The SMILES string of the molecule is C[C@@H](C1CC1)N(Cc1ccc(F)cc1)C(=O)Cc1c(NC(=O)C2(N)CCC2)ccc2c1CCC21OC(=O)NC1=O. The van der Waals surface area contributed by atoms with E-state index in [1.165, 1.54) is 12.1 Å². The number of amides is 4. The first-order valence-corrected chi connectivity index (χ1v) is 13.9. The molecule has 9 nitrogen and oxygen atoms in total. The maximum atomic E-state index is 14.0. The van der Waals surface area contributed by atoms with Crippen LogP contribution in [0.4, 0.5) is 14.9 Å². The van der Waals surface area contributed by atoms with Crippen molar-refractivity contribution in [3.05, 3.63) is 64.5 Å². The third-order valence-corrected chi connectivity index (χ3v) is 9.10. The number of halogens is 1. The minimum atomic E-state index is -1.44. The molecule has 2 aromatic rings. The van der Waals surface area contributed by atoms with Gasteiger partial charge in [-0.05, 0) is 86.3 Å². The minimum absolute atomic E-state index is 0.0254. The second kappa shape index (κ2) is 9.69. The van der Waals surface area contributed by atoms with Gasteiger partial charge in [-0.2, -0.15) is 0 Å². The molecule has 1 saturated heterocycles. The molecule has 1 unspecified atom stereocenters. The van der Waals surface area contributed by atoms with E-state index >= 15 is 0 Å². The number of carbonyl (C=O) groups excluding carboxylic acids is 4. The van der Waals surface area contributed by atoms with E-state index in [1.54, 1.807) is 24.3 Å². The molecular formula is C30H33FN4O5. The van der Waals surface area contributed by atoms with Crippen LogP contribution in [-0.4, -0.2) is 40.3 Å². The van der Waals surface area contributed by atoms with Crippen molar-refractivity contribution >= 4 is 29.5 Å². The van der Waals surface area contributed by atoms with Gasteiger partial charge in [0.1, 0.15) is 5.82 Å². The van der Waals surface area contributed by atoms with Gasteiger partial charge < -0.3 is 20.7 Å². The van der Waals surface area contributed by atoms with Crippen LogP contribution >= 0.6 is 0 Å². The van der Waals surface area contributed by atoms with E-state index in [2.05, 4.69) is 10.6 Å². The Balaban J connectivity index is 1.36. The fourth-order valence-corrected chi connectivity index (χ4v) is 6.24. The van der Waals surface area contributed by atoms with Crippen LogP contribution in [-0.2, 0) is 44.1 Å². The molecule has 2 atom stereocenters. The lowest BCUT2D eigenvalue weighted by molar-refractivity contribution is -0.133. The summed E-state index contributed by atoms with van der Waals surface area (Å²) in [5.74, 6) is -0.925. The number of hydrogen-bond acceptors (Lipinski definition) is 6. The van der Waals surface area contributed by atoms with E-state index in [0.29, 0.717) is 48.5 Å². The topological polar surface area (TPSA) is 131 Å². The molecular weight excluding hydrogens is 515 g/mol. The summed E-state index contributed by atoms with van der Waals surface area (Å²) in [4.78, 5) is 53.7. The van der Waals surface area contributed by atoms with Gasteiger partial charge in [0.05, 0.1) is 12.0 Å². The number of rotatable bonds is 8. The van der Waals surface area contributed by atoms with Gasteiger partial charge in [0.15, 0.2) is 0 Å². The molecule has 1 spiro atoms. The summed E-state index contributed by atoms with van der Waals surface area (Å²) < 4.78 is 19.0. The fourth-order valence-electron chi connectivity index (χ4n) is 6.24. The van der Waals surface area contributed by atoms with Crippen LogP contribution in [0.2, 0.25) is 0 Å². The Morgan fingerprint density at radius 1 is 1.15 bits per heavy atom. The van der Waals surface area contributed by atoms with E-state index < -0.39 is 23.1 Å². The monoisotopic (exact) mass is 548 g/mol. The van der Waals surface area contributed by atoms with Gasteiger partial charge in [0.25, 0.3) is 5.91 Å². The highest BCUT2D eigenvalue weighted by molar-refractivity contribution is 6.05. The van der Waals surface area contributed by atoms with Gasteiger partial charge in [0, 0.05) is 30.3 Å². The van der Waals surface area contributed by atoms with E-state index in [-0.39, 0.29) is 36.5 Å². The molecule has 10 heteroatoms. The zero-order valence-corrected chi connectivity index (χ0v) is 22.4. The van der Waals surface area contributed by atoms with E-state index in [9.17, 15) is 23.6 Å². The number of alkyl carbamates (subject to hydrolysis) is 1. The van der Waals surface area contributed by atoms with Gasteiger partial charge in [-0.1, -0.05) is 18.2 Å². The number of ether oxygens (including phenoxy) is 1. The van der Waals surface area contributed by atoms with E-state index in [4.69, 9.17) is 10.5 Å². The maximum Gasteiger partial charge on any atom is 0.415 e. The second-order valence-corrected chi connectivity index (χ2v) is 11.7. The molecule has 40 heavy (non-hydrogen) atoms. The average molecular weight is 549 g/mol. The third kappa shape index (κ3) is 4.54. The number of imide groups is 1. The molecule has 210 valence electrons. The first kappa shape index (κ1) is 26.4. The largest absolute Gasteiger partial charge is 0.427 e. The van der Waals surface area contributed by atoms with Crippen LogP contribution in [0, 0.1) is 11.7 Å². The zero-order chi connectivity index (χ0) is 28.2. The molecule has 3 aliphatic carbocycles. The average Bonchev–Trinajstić information content (AvgIpc) is 3.63. The number of carbonyl (C=O) groups is 4. The number of benzene rings is 2. The highest BCUT2D eigenvalue weighted by Gasteiger charge is 2.55. The summed E-state index contributed by atoms with van der Waals surface area (Å²) in [6.07, 6.45) is 3.94. The molecule has 4 amide bonds. The van der Waals surface area contributed by atoms with Crippen molar-refractivity contribution in [2.45, 2.75) is 82.0 Å². The lowest BCUT2D eigenvalue weighted by atomic mass is 9.77. The summed E-state index contributed by atoms with van der Waals surface area (Å²) in [7, 11) is 0. The normalized spacial score (nSPS) is 23.2. The quantitative estimate of drug-likeness (QED) is 0.463. The Morgan fingerprint density at radius 3 is 2.48 bits per heavy atom. The highest BCUT2D eigenvalue weighted by Crippen LogP contribution is 2.46. The molecule has 1 aliphatic heterocycles. The summed E-state index contributed by atoms with van der Waals surface area (Å²) in [5.41, 5.74) is 7.03.